The monoisotopic (exact) mass is 205 g/mol. The second-order valence-corrected chi connectivity index (χ2v) is 4.01. The van der Waals surface area contributed by atoms with Crippen molar-refractivity contribution in [2.24, 2.45) is 0 Å². The summed E-state index contributed by atoms with van der Waals surface area (Å²) in [6, 6.07) is 8.43. The Morgan fingerprint density at radius 3 is 3.13 bits per heavy atom. The van der Waals surface area contributed by atoms with E-state index in [1.54, 1.807) is 0 Å². The quantitative estimate of drug-likeness (QED) is 0.763. The third-order valence-corrected chi connectivity index (χ3v) is 3.00. The molecule has 1 aromatic carbocycles. The number of ether oxygens (including phenoxy) is 1. The molecule has 1 aromatic rings. The predicted molar refractivity (Wildman–Crippen MR) is 62.5 cm³/mol. The van der Waals surface area contributed by atoms with Crippen LogP contribution >= 0.6 is 0 Å². The summed E-state index contributed by atoms with van der Waals surface area (Å²) in [6.07, 6.45) is 2.37. The topological polar surface area (TPSA) is 21.3 Å². The largest absolute Gasteiger partial charge is 0.493 e. The number of rotatable bonds is 4. The minimum Gasteiger partial charge on any atom is -0.493 e. The van der Waals surface area contributed by atoms with Gasteiger partial charge in [-0.15, -0.1) is 0 Å². The van der Waals surface area contributed by atoms with Crippen molar-refractivity contribution >= 4 is 0 Å². The van der Waals surface area contributed by atoms with Crippen molar-refractivity contribution in [3.05, 3.63) is 29.8 Å². The summed E-state index contributed by atoms with van der Waals surface area (Å²) in [5, 5.41) is 3.39. The van der Waals surface area contributed by atoms with Crippen LogP contribution in [0.5, 0.6) is 5.75 Å². The molecule has 0 saturated heterocycles. The first-order chi connectivity index (χ1) is 7.42. The number of benzene rings is 1. The Balaban J connectivity index is 2.02. The van der Waals surface area contributed by atoms with Crippen LogP contribution < -0.4 is 10.1 Å². The standard InChI is InChI=1S/C13H19NO/c1-2-14-9-7-11-8-10-15-13-6-4-3-5-12(11)13/h3-6,11,14H,2,7-10H2,1H3. The summed E-state index contributed by atoms with van der Waals surface area (Å²) in [7, 11) is 0. The molecule has 2 heteroatoms. The Morgan fingerprint density at radius 1 is 1.40 bits per heavy atom. The van der Waals surface area contributed by atoms with Crippen LogP contribution in [-0.4, -0.2) is 19.7 Å². The van der Waals surface area contributed by atoms with Crippen molar-refractivity contribution in [1.29, 1.82) is 0 Å². The Kier molecular flexibility index (Phi) is 3.62. The molecule has 2 nitrogen and oxygen atoms in total. The highest BCUT2D eigenvalue weighted by Gasteiger charge is 2.19. The number of nitrogens with one attached hydrogen (secondary N) is 1. The fourth-order valence-electron chi connectivity index (χ4n) is 2.17. The molecule has 0 amide bonds. The average molecular weight is 205 g/mol. The van der Waals surface area contributed by atoms with E-state index in [9.17, 15) is 0 Å². The number of para-hydroxylation sites is 1. The van der Waals surface area contributed by atoms with E-state index in [-0.39, 0.29) is 0 Å². The molecule has 0 radical (unpaired) electrons. The van der Waals surface area contributed by atoms with Gasteiger partial charge >= 0.3 is 0 Å². The van der Waals surface area contributed by atoms with Crippen LogP contribution in [0, 0.1) is 0 Å². The number of hydrogen-bond donors (Lipinski definition) is 1. The predicted octanol–water partition coefficient (Wildman–Crippen LogP) is 2.55. The zero-order valence-electron chi connectivity index (χ0n) is 9.33. The van der Waals surface area contributed by atoms with E-state index in [0.717, 1.165) is 31.9 Å². The van der Waals surface area contributed by atoms with Gasteiger partial charge in [0.25, 0.3) is 0 Å². The summed E-state index contributed by atoms with van der Waals surface area (Å²) in [5.41, 5.74) is 1.39. The third kappa shape index (κ3) is 2.51. The van der Waals surface area contributed by atoms with E-state index in [4.69, 9.17) is 4.74 Å². The highest BCUT2D eigenvalue weighted by Crippen LogP contribution is 2.34. The molecule has 1 unspecified atom stereocenters. The lowest BCUT2D eigenvalue weighted by atomic mass is 9.90. The zero-order valence-corrected chi connectivity index (χ0v) is 9.33. The van der Waals surface area contributed by atoms with Crippen LogP contribution in [0.3, 0.4) is 0 Å². The molecule has 0 saturated carbocycles. The summed E-state index contributed by atoms with van der Waals surface area (Å²) in [6.45, 7) is 5.19. The molecule has 1 aliphatic rings. The molecular weight excluding hydrogens is 186 g/mol. The van der Waals surface area contributed by atoms with Crippen LogP contribution in [0.2, 0.25) is 0 Å². The van der Waals surface area contributed by atoms with Gasteiger partial charge in [-0.2, -0.15) is 0 Å². The van der Waals surface area contributed by atoms with Crippen LogP contribution in [0.1, 0.15) is 31.2 Å². The minimum atomic E-state index is 0.675. The molecule has 0 spiro atoms. The highest BCUT2D eigenvalue weighted by atomic mass is 16.5. The summed E-state index contributed by atoms with van der Waals surface area (Å²) < 4.78 is 5.64. The van der Waals surface area contributed by atoms with E-state index in [1.807, 2.05) is 6.07 Å². The van der Waals surface area contributed by atoms with E-state index in [0.29, 0.717) is 5.92 Å². The SMILES string of the molecule is CCNCCC1CCOc2ccccc21. The molecule has 82 valence electrons. The molecule has 0 fully saturated rings. The molecule has 0 aliphatic carbocycles. The van der Waals surface area contributed by atoms with Gasteiger partial charge in [-0.3, -0.25) is 0 Å². The summed E-state index contributed by atoms with van der Waals surface area (Å²) in [4.78, 5) is 0. The van der Waals surface area contributed by atoms with Gasteiger partial charge in [0.15, 0.2) is 0 Å². The summed E-state index contributed by atoms with van der Waals surface area (Å²) >= 11 is 0. The maximum atomic E-state index is 5.64. The molecule has 0 bridgehead atoms. The minimum absolute atomic E-state index is 0.675. The second kappa shape index (κ2) is 5.17. The molecular formula is C13H19NO. The van der Waals surface area contributed by atoms with Crippen LogP contribution in [0.4, 0.5) is 0 Å². The number of hydrogen-bond acceptors (Lipinski definition) is 2. The molecule has 0 aromatic heterocycles. The van der Waals surface area contributed by atoms with Crippen LogP contribution in [-0.2, 0) is 0 Å². The van der Waals surface area contributed by atoms with Gasteiger partial charge < -0.3 is 10.1 Å². The van der Waals surface area contributed by atoms with Gasteiger partial charge in [-0.05, 0) is 43.5 Å². The molecule has 15 heavy (non-hydrogen) atoms. The Hall–Kier alpha value is -1.02. The van der Waals surface area contributed by atoms with Crippen molar-refractivity contribution in [2.75, 3.05) is 19.7 Å². The maximum absolute atomic E-state index is 5.64. The molecule has 1 atom stereocenters. The Morgan fingerprint density at radius 2 is 2.27 bits per heavy atom. The molecule has 2 rings (SSSR count). The number of fused-ring (bicyclic) bond motifs is 1. The van der Waals surface area contributed by atoms with Gasteiger partial charge in [0.05, 0.1) is 6.61 Å². The first-order valence-corrected chi connectivity index (χ1v) is 5.84. The van der Waals surface area contributed by atoms with Crippen LogP contribution in [0.15, 0.2) is 24.3 Å². The van der Waals surface area contributed by atoms with Crippen molar-refractivity contribution in [3.63, 3.8) is 0 Å². The third-order valence-electron chi connectivity index (χ3n) is 3.00. The average Bonchev–Trinajstić information content (AvgIpc) is 2.30. The molecule has 1 N–H and O–H groups in total. The fourth-order valence-corrected chi connectivity index (χ4v) is 2.17. The van der Waals surface area contributed by atoms with Crippen LogP contribution in [0.25, 0.3) is 0 Å². The van der Waals surface area contributed by atoms with Crippen molar-refractivity contribution in [2.45, 2.75) is 25.7 Å². The van der Waals surface area contributed by atoms with Gasteiger partial charge in [0.2, 0.25) is 0 Å². The van der Waals surface area contributed by atoms with Gasteiger partial charge in [-0.25, -0.2) is 0 Å². The lowest BCUT2D eigenvalue weighted by molar-refractivity contribution is 0.262. The van der Waals surface area contributed by atoms with Crippen molar-refractivity contribution < 1.29 is 4.74 Å². The van der Waals surface area contributed by atoms with E-state index >= 15 is 0 Å². The van der Waals surface area contributed by atoms with E-state index in [1.165, 1.54) is 12.0 Å². The summed E-state index contributed by atoms with van der Waals surface area (Å²) in [5.74, 6) is 1.76. The van der Waals surface area contributed by atoms with E-state index in [2.05, 4.69) is 30.4 Å². The fraction of sp³-hybridized carbons (Fsp3) is 0.538. The van der Waals surface area contributed by atoms with Crippen molar-refractivity contribution in [1.82, 2.24) is 5.32 Å². The normalized spacial score (nSPS) is 19.4. The lowest BCUT2D eigenvalue weighted by Crippen LogP contribution is -2.20. The van der Waals surface area contributed by atoms with Crippen molar-refractivity contribution in [3.8, 4) is 5.75 Å². The second-order valence-electron chi connectivity index (χ2n) is 4.01. The Labute approximate surface area is 91.6 Å². The zero-order chi connectivity index (χ0) is 10.5. The highest BCUT2D eigenvalue weighted by molar-refractivity contribution is 5.37. The van der Waals surface area contributed by atoms with Gasteiger partial charge in [0, 0.05) is 0 Å². The molecule has 1 aliphatic heterocycles. The molecule has 1 heterocycles. The first-order valence-electron chi connectivity index (χ1n) is 5.84. The maximum Gasteiger partial charge on any atom is 0.122 e. The van der Waals surface area contributed by atoms with Gasteiger partial charge in [0.1, 0.15) is 5.75 Å². The smallest absolute Gasteiger partial charge is 0.122 e. The van der Waals surface area contributed by atoms with E-state index < -0.39 is 0 Å². The lowest BCUT2D eigenvalue weighted by Gasteiger charge is -2.25. The first kappa shape index (κ1) is 10.5. The van der Waals surface area contributed by atoms with Gasteiger partial charge in [-0.1, -0.05) is 25.1 Å². The Bertz CT molecular complexity index is 311.